The maximum Gasteiger partial charge on any atom is 0.147 e. The van der Waals surface area contributed by atoms with E-state index in [0.29, 0.717) is 5.52 Å². The summed E-state index contributed by atoms with van der Waals surface area (Å²) in [5, 5.41) is 4.34. The number of fused-ring (bicyclic) bond motifs is 1. The molecule has 86 valence electrons. The van der Waals surface area contributed by atoms with Crippen LogP contribution >= 0.6 is 0 Å². The summed E-state index contributed by atoms with van der Waals surface area (Å²) < 4.78 is 13.4. The lowest BCUT2D eigenvalue weighted by Gasteiger charge is -2.01. The van der Waals surface area contributed by atoms with E-state index in [1.165, 1.54) is 11.6 Å². The molecule has 0 saturated carbocycles. The molecule has 0 fully saturated rings. The van der Waals surface area contributed by atoms with Gasteiger partial charge in [0.15, 0.2) is 0 Å². The summed E-state index contributed by atoms with van der Waals surface area (Å²) in [5.74, 6) is -0.176. The van der Waals surface area contributed by atoms with Gasteiger partial charge in [-0.15, -0.1) is 0 Å². The average Bonchev–Trinajstić information content (AvgIpc) is 2.70. The standard InChI is InChI=1S/C13H17FN2/c1-2-7-15-8-6-10-9-16-13-11(10)4-3-5-12(13)14/h3-5,9,15-16H,2,6-8H2,1H3. The normalized spacial score (nSPS) is 11.1. The largest absolute Gasteiger partial charge is 0.359 e. The maximum atomic E-state index is 13.4. The molecule has 0 aliphatic heterocycles. The number of H-pyrrole nitrogens is 1. The molecular formula is C13H17FN2. The fraction of sp³-hybridized carbons (Fsp3) is 0.385. The number of hydrogen-bond acceptors (Lipinski definition) is 1. The van der Waals surface area contributed by atoms with E-state index in [1.807, 2.05) is 12.3 Å². The van der Waals surface area contributed by atoms with Crippen molar-refractivity contribution in [1.29, 1.82) is 0 Å². The first-order chi connectivity index (χ1) is 7.83. The Hall–Kier alpha value is -1.35. The van der Waals surface area contributed by atoms with E-state index in [1.54, 1.807) is 6.07 Å². The zero-order valence-electron chi connectivity index (χ0n) is 9.52. The van der Waals surface area contributed by atoms with Gasteiger partial charge >= 0.3 is 0 Å². The van der Waals surface area contributed by atoms with Gasteiger partial charge in [0.1, 0.15) is 5.82 Å². The Morgan fingerprint density at radius 3 is 3.00 bits per heavy atom. The van der Waals surface area contributed by atoms with E-state index in [-0.39, 0.29) is 5.82 Å². The molecule has 0 aliphatic rings. The Morgan fingerprint density at radius 2 is 2.19 bits per heavy atom. The second-order valence-corrected chi connectivity index (χ2v) is 3.98. The van der Waals surface area contributed by atoms with Crippen molar-refractivity contribution in [1.82, 2.24) is 10.3 Å². The quantitative estimate of drug-likeness (QED) is 0.745. The topological polar surface area (TPSA) is 27.8 Å². The Bertz CT molecular complexity index is 462. The first-order valence-electron chi connectivity index (χ1n) is 5.78. The Balaban J connectivity index is 2.10. The smallest absolute Gasteiger partial charge is 0.147 e. The van der Waals surface area contributed by atoms with Crippen LogP contribution in [0.25, 0.3) is 10.9 Å². The van der Waals surface area contributed by atoms with E-state index >= 15 is 0 Å². The zero-order valence-corrected chi connectivity index (χ0v) is 9.52. The highest BCUT2D eigenvalue weighted by Crippen LogP contribution is 2.20. The van der Waals surface area contributed by atoms with E-state index in [0.717, 1.165) is 31.3 Å². The van der Waals surface area contributed by atoms with Crippen molar-refractivity contribution in [2.45, 2.75) is 19.8 Å². The number of benzene rings is 1. The van der Waals surface area contributed by atoms with E-state index in [4.69, 9.17) is 0 Å². The van der Waals surface area contributed by atoms with Crippen LogP contribution in [0.15, 0.2) is 24.4 Å². The molecule has 1 heterocycles. The van der Waals surface area contributed by atoms with Gasteiger partial charge in [0, 0.05) is 11.6 Å². The summed E-state index contributed by atoms with van der Waals surface area (Å²) in [6.07, 6.45) is 3.98. The van der Waals surface area contributed by atoms with E-state index in [2.05, 4.69) is 17.2 Å². The van der Waals surface area contributed by atoms with E-state index < -0.39 is 0 Å². The third-order valence-electron chi connectivity index (χ3n) is 2.75. The zero-order chi connectivity index (χ0) is 11.4. The summed E-state index contributed by atoms with van der Waals surface area (Å²) in [4.78, 5) is 2.99. The second-order valence-electron chi connectivity index (χ2n) is 3.98. The maximum absolute atomic E-state index is 13.4. The fourth-order valence-corrected chi connectivity index (χ4v) is 1.91. The number of rotatable bonds is 5. The highest BCUT2D eigenvalue weighted by molar-refractivity contribution is 5.83. The molecule has 0 amide bonds. The van der Waals surface area contributed by atoms with Gasteiger partial charge in [0.25, 0.3) is 0 Å². The van der Waals surface area contributed by atoms with Crippen LogP contribution in [0.3, 0.4) is 0 Å². The highest BCUT2D eigenvalue weighted by atomic mass is 19.1. The van der Waals surface area contributed by atoms with Crippen LogP contribution in [0.4, 0.5) is 4.39 Å². The Kier molecular flexibility index (Phi) is 3.57. The van der Waals surface area contributed by atoms with Gasteiger partial charge in [0.2, 0.25) is 0 Å². The lowest BCUT2D eigenvalue weighted by Crippen LogP contribution is -2.17. The third-order valence-corrected chi connectivity index (χ3v) is 2.75. The molecule has 2 nitrogen and oxygen atoms in total. The molecule has 0 unspecified atom stereocenters. The van der Waals surface area contributed by atoms with Crippen LogP contribution < -0.4 is 5.32 Å². The molecule has 0 atom stereocenters. The molecule has 0 spiro atoms. The molecular weight excluding hydrogens is 203 g/mol. The predicted molar refractivity (Wildman–Crippen MR) is 65.1 cm³/mol. The average molecular weight is 220 g/mol. The molecule has 3 heteroatoms. The van der Waals surface area contributed by atoms with Gasteiger partial charge in [-0.05, 0) is 37.6 Å². The molecule has 2 rings (SSSR count). The lowest BCUT2D eigenvalue weighted by atomic mass is 10.1. The number of aromatic nitrogens is 1. The first-order valence-corrected chi connectivity index (χ1v) is 5.78. The van der Waals surface area contributed by atoms with Crippen LogP contribution in [0.2, 0.25) is 0 Å². The molecule has 0 bridgehead atoms. The lowest BCUT2D eigenvalue weighted by molar-refractivity contribution is 0.637. The van der Waals surface area contributed by atoms with Gasteiger partial charge in [-0.2, -0.15) is 0 Å². The highest BCUT2D eigenvalue weighted by Gasteiger charge is 2.06. The first kappa shape index (κ1) is 11.1. The molecule has 0 aliphatic carbocycles. The molecule has 2 N–H and O–H groups in total. The summed E-state index contributed by atoms with van der Waals surface area (Å²) >= 11 is 0. The van der Waals surface area contributed by atoms with Crippen molar-refractivity contribution in [3.05, 3.63) is 35.8 Å². The van der Waals surface area contributed by atoms with Crippen LogP contribution in [-0.4, -0.2) is 18.1 Å². The van der Waals surface area contributed by atoms with Crippen LogP contribution in [0, 0.1) is 5.82 Å². The number of hydrogen-bond donors (Lipinski definition) is 2. The number of nitrogens with one attached hydrogen (secondary N) is 2. The van der Waals surface area contributed by atoms with Crippen LogP contribution in [0.1, 0.15) is 18.9 Å². The Morgan fingerprint density at radius 1 is 1.31 bits per heavy atom. The molecule has 1 aromatic heterocycles. The van der Waals surface area contributed by atoms with Gasteiger partial charge in [-0.1, -0.05) is 19.1 Å². The summed E-state index contributed by atoms with van der Waals surface area (Å²) in [6.45, 7) is 4.13. The minimum absolute atomic E-state index is 0.176. The SMILES string of the molecule is CCCNCCc1c[nH]c2c(F)cccc12. The van der Waals surface area contributed by atoms with Crippen molar-refractivity contribution in [2.24, 2.45) is 0 Å². The predicted octanol–water partition coefficient (Wildman–Crippen LogP) is 2.85. The van der Waals surface area contributed by atoms with Crippen molar-refractivity contribution >= 4 is 10.9 Å². The molecule has 0 saturated heterocycles. The van der Waals surface area contributed by atoms with Crippen molar-refractivity contribution in [3.63, 3.8) is 0 Å². The van der Waals surface area contributed by atoms with Gasteiger partial charge in [-0.25, -0.2) is 4.39 Å². The summed E-state index contributed by atoms with van der Waals surface area (Å²) in [6, 6.07) is 5.20. The van der Waals surface area contributed by atoms with Crippen molar-refractivity contribution in [2.75, 3.05) is 13.1 Å². The molecule has 1 aromatic carbocycles. The third kappa shape index (κ3) is 2.25. The van der Waals surface area contributed by atoms with E-state index in [9.17, 15) is 4.39 Å². The monoisotopic (exact) mass is 220 g/mol. The molecule has 16 heavy (non-hydrogen) atoms. The van der Waals surface area contributed by atoms with Crippen LogP contribution in [-0.2, 0) is 6.42 Å². The number of aromatic amines is 1. The molecule has 2 aromatic rings. The summed E-state index contributed by atoms with van der Waals surface area (Å²) in [7, 11) is 0. The van der Waals surface area contributed by atoms with Gasteiger partial charge < -0.3 is 10.3 Å². The van der Waals surface area contributed by atoms with Gasteiger partial charge in [-0.3, -0.25) is 0 Å². The Labute approximate surface area is 94.9 Å². The minimum Gasteiger partial charge on any atom is -0.359 e. The number of para-hydroxylation sites is 1. The van der Waals surface area contributed by atoms with Crippen molar-refractivity contribution in [3.8, 4) is 0 Å². The van der Waals surface area contributed by atoms with Crippen molar-refractivity contribution < 1.29 is 4.39 Å². The van der Waals surface area contributed by atoms with Crippen LogP contribution in [0.5, 0.6) is 0 Å². The second kappa shape index (κ2) is 5.12. The summed E-state index contributed by atoms with van der Waals surface area (Å²) in [5.41, 5.74) is 1.80. The van der Waals surface area contributed by atoms with Gasteiger partial charge in [0.05, 0.1) is 5.52 Å². The molecule has 0 radical (unpaired) electrons. The number of halogens is 1. The minimum atomic E-state index is -0.176. The fourth-order valence-electron chi connectivity index (χ4n) is 1.91.